The Hall–Kier alpha value is -2.35. The molecule has 2 nitrogen and oxygen atoms in total. The molecule has 0 spiro atoms. The minimum atomic E-state index is 0.0401. The van der Waals surface area contributed by atoms with E-state index in [2.05, 4.69) is 0 Å². The second-order valence-corrected chi connectivity index (χ2v) is 4.48. The number of ketones is 1. The molecule has 0 saturated heterocycles. The maximum atomic E-state index is 12.2. The van der Waals surface area contributed by atoms with Gasteiger partial charge in [0.15, 0.2) is 5.78 Å². The fraction of sp³-hybridized carbons (Fsp3) is 0.167. The van der Waals surface area contributed by atoms with Crippen LogP contribution in [0.4, 0.5) is 0 Å². The molecule has 0 aliphatic carbocycles. The molecule has 102 valence electrons. The molecule has 20 heavy (non-hydrogen) atoms. The average molecular weight is 266 g/mol. The Morgan fingerprint density at radius 1 is 1.00 bits per heavy atom. The largest absolute Gasteiger partial charge is 0.497 e. The minimum absolute atomic E-state index is 0.0401. The first kappa shape index (κ1) is 14.1. The van der Waals surface area contributed by atoms with Crippen molar-refractivity contribution in [2.45, 2.75) is 13.3 Å². The van der Waals surface area contributed by atoms with Crippen molar-refractivity contribution in [2.24, 2.45) is 0 Å². The Labute approximate surface area is 119 Å². The molecule has 0 radical (unpaired) electrons. The van der Waals surface area contributed by atoms with Crippen LogP contribution in [0.1, 0.15) is 29.3 Å². The summed E-state index contributed by atoms with van der Waals surface area (Å²) in [6.07, 6.45) is 2.53. The zero-order valence-corrected chi connectivity index (χ0v) is 11.8. The van der Waals surface area contributed by atoms with Crippen LogP contribution in [0, 0.1) is 0 Å². The van der Waals surface area contributed by atoms with Crippen molar-refractivity contribution in [1.29, 1.82) is 0 Å². The predicted octanol–water partition coefficient (Wildman–Crippen LogP) is 4.37. The number of carbonyl (C=O) groups is 1. The fourth-order valence-corrected chi connectivity index (χ4v) is 2.04. The molecule has 2 rings (SSSR count). The summed E-state index contributed by atoms with van der Waals surface area (Å²) in [7, 11) is 1.64. The summed E-state index contributed by atoms with van der Waals surface area (Å²) in [4.78, 5) is 12.2. The highest BCUT2D eigenvalue weighted by atomic mass is 16.5. The number of methoxy groups -OCH3 is 1. The molecule has 0 saturated carbocycles. The molecule has 0 atom stereocenters. The van der Waals surface area contributed by atoms with E-state index in [0.717, 1.165) is 23.3 Å². The molecule has 0 N–H and O–H groups in total. The highest BCUT2D eigenvalue weighted by Gasteiger charge is 2.05. The van der Waals surface area contributed by atoms with Gasteiger partial charge in [-0.15, -0.1) is 0 Å². The van der Waals surface area contributed by atoms with Gasteiger partial charge in [-0.1, -0.05) is 49.4 Å². The number of hydrogen-bond acceptors (Lipinski definition) is 2. The van der Waals surface area contributed by atoms with E-state index in [0.29, 0.717) is 5.56 Å². The van der Waals surface area contributed by atoms with E-state index in [1.807, 2.05) is 61.5 Å². The van der Waals surface area contributed by atoms with Crippen LogP contribution < -0.4 is 4.74 Å². The number of ether oxygens (including phenoxy) is 1. The molecule has 2 heteroatoms. The Bertz CT molecular complexity index is 595. The topological polar surface area (TPSA) is 26.3 Å². The second kappa shape index (κ2) is 6.71. The summed E-state index contributed by atoms with van der Waals surface area (Å²) in [5.41, 5.74) is 2.80. The lowest BCUT2D eigenvalue weighted by atomic mass is 10.00. The molecule has 0 unspecified atom stereocenters. The maximum absolute atomic E-state index is 12.2. The Balaban J connectivity index is 2.26. The van der Waals surface area contributed by atoms with Crippen molar-refractivity contribution in [3.63, 3.8) is 0 Å². The van der Waals surface area contributed by atoms with E-state index in [4.69, 9.17) is 4.74 Å². The molecule has 0 bridgehead atoms. The predicted molar refractivity (Wildman–Crippen MR) is 82.0 cm³/mol. The highest BCUT2D eigenvalue weighted by Crippen LogP contribution is 2.21. The van der Waals surface area contributed by atoms with Gasteiger partial charge in [-0.3, -0.25) is 4.79 Å². The monoisotopic (exact) mass is 266 g/mol. The van der Waals surface area contributed by atoms with Gasteiger partial charge in [0.2, 0.25) is 0 Å². The van der Waals surface area contributed by atoms with Crippen LogP contribution in [0.2, 0.25) is 0 Å². The maximum Gasteiger partial charge on any atom is 0.186 e. The normalized spacial score (nSPS) is 11.2. The molecule has 2 aromatic rings. The number of rotatable bonds is 5. The molecule has 2 aromatic carbocycles. The molecule has 0 amide bonds. The van der Waals surface area contributed by atoms with Gasteiger partial charge >= 0.3 is 0 Å². The summed E-state index contributed by atoms with van der Waals surface area (Å²) in [5, 5.41) is 0. The third kappa shape index (κ3) is 3.35. The SMILES string of the molecule is CC/C(=C\C(=O)c1ccccc1)c1ccc(OC)cc1. The van der Waals surface area contributed by atoms with Gasteiger partial charge in [0.05, 0.1) is 7.11 Å². The summed E-state index contributed by atoms with van der Waals surface area (Å²) in [6.45, 7) is 2.05. The molecule has 0 heterocycles. The number of carbonyl (C=O) groups excluding carboxylic acids is 1. The zero-order valence-electron chi connectivity index (χ0n) is 11.8. The van der Waals surface area contributed by atoms with E-state index in [1.54, 1.807) is 13.2 Å². The average Bonchev–Trinajstić information content (AvgIpc) is 2.53. The number of benzene rings is 2. The second-order valence-electron chi connectivity index (χ2n) is 4.48. The summed E-state index contributed by atoms with van der Waals surface area (Å²) in [5.74, 6) is 0.858. The van der Waals surface area contributed by atoms with E-state index in [1.165, 1.54) is 0 Å². The van der Waals surface area contributed by atoms with Crippen molar-refractivity contribution >= 4 is 11.4 Å². The lowest BCUT2D eigenvalue weighted by Gasteiger charge is -2.06. The highest BCUT2D eigenvalue weighted by molar-refractivity contribution is 6.08. The fourth-order valence-electron chi connectivity index (χ4n) is 2.04. The van der Waals surface area contributed by atoms with Gasteiger partial charge in [-0.05, 0) is 35.8 Å². The van der Waals surface area contributed by atoms with Crippen LogP contribution in [0.5, 0.6) is 5.75 Å². The van der Waals surface area contributed by atoms with Crippen LogP contribution in [0.15, 0.2) is 60.7 Å². The Morgan fingerprint density at radius 3 is 2.20 bits per heavy atom. The van der Waals surface area contributed by atoms with E-state index in [-0.39, 0.29) is 5.78 Å². The van der Waals surface area contributed by atoms with E-state index in [9.17, 15) is 4.79 Å². The molecular formula is C18H18O2. The lowest BCUT2D eigenvalue weighted by molar-refractivity contribution is 0.104. The van der Waals surface area contributed by atoms with Crippen LogP contribution in [-0.4, -0.2) is 12.9 Å². The third-order valence-electron chi connectivity index (χ3n) is 3.21. The van der Waals surface area contributed by atoms with E-state index >= 15 is 0 Å². The minimum Gasteiger partial charge on any atom is -0.497 e. The van der Waals surface area contributed by atoms with E-state index < -0.39 is 0 Å². The molecule has 0 aliphatic heterocycles. The Kier molecular flexibility index (Phi) is 4.72. The van der Waals surface area contributed by atoms with Crippen molar-refractivity contribution in [2.75, 3.05) is 7.11 Å². The molecular weight excluding hydrogens is 248 g/mol. The molecule has 0 aliphatic rings. The quantitative estimate of drug-likeness (QED) is 0.593. The standard InChI is InChI=1S/C18H18O2/c1-3-14(15-9-11-17(20-2)12-10-15)13-18(19)16-7-5-4-6-8-16/h4-13H,3H2,1-2H3/b14-13+. The summed E-state index contributed by atoms with van der Waals surface area (Å²) >= 11 is 0. The van der Waals surface area contributed by atoms with Crippen molar-refractivity contribution in [1.82, 2.24) is 0 Å². The lowest BCUT2D eigenvalue weighted by Crippen LogP contribution is -1.96. The van der Waals surface area contributed by atoms with Gasteiger partial charge in [-0.25, -0.2) is 0 Å². The summed E-state index contributed by atoms with van der Waals surface area (Å²) in [6, 6.07) is 17.1. The van der Waals surface area contributed by atoms with Gasteiger partial charge in [0, 0.05) is 5.56 Å². The number of allylic oxidation sites excluding steroid dienone is 2. The first-order valence-electron chi connectivity index (χ1n) is 6.69. The smallest absolute Gasteiger partial charge is 0.186 e. The van der Waals surface area contributed by atoms with Gasteiger partial charge in [0.1, 0.15) is 5.75 Å². The first-order valence-corrected chi connectivity index (χ1v) is 6.69. The van der Waals surface area contributed by atoms with Crippen LogP contribution >= 0.6 is 0 Å². The van der Waals surface area contributed by atoms with Gasteiger partial charge in [0.25, 0.3) is 0 Å². The third-order valence-corrected chi connectivity index (χ3v) is 3.21. The van der Waals surface area contributed by atoms with Crippen molar-refractivity contribution in [3.05, 3.63) is 71.8 Å². The molecule has 0 fully saturated rings. The van der Waals surface area contributed by atoms with Gasteiger partial charge < -0.3 is 4.74 Å². The van der Waals surface area contributed by atoms with Crippen LogP contribution in [0.25, 0.3) is 5.57 Å². The van der Waals surface area contributed by atoms with Crippen LogP contribution in [-0.2, 0) is 0 Å². The zero-order chi connectivity index (χ0) is 14.4. The van der Waals surface area contributed by atoms with Crippen molar-refractivity contribution < 1.29 is 9.53 Å². The van der Waals surface area contributed by atoms with Gasteiger partial charge in [-0.2, -0.15) is 0 Å². The first-order chi connectivity index (χ1) is 9.74. The van der Waals surface area contributed by atoms with Crippen molar-refractivity contribution in [3.8, 4) is 5.75 Å². The Morgan fingerprint density at radius 2 is 1.65 bits per heavy atom. The number of hydrogen-bond donors (Lipinski definition) is 0. The van der Waals surface area contributed by atoms with Crippen LogP contribution in [0.3, 0.4) is 0 Å². The molecule has 0 aromatic heterocycles. The summed E-state index contributed by atoms with van der Waals surface area (Å²) < 4.78 is 5.15.